The van der Waals surface area contributed by atoms with E-state index in [0.29, 0.717) is 46.4 Å². The molecule has 1 aliphatic carbocycles. The maximum absolute atomic E-state index is 13.0. The summed E-state index contributed by atoms with van der Waals surface area (Å²) >= 11 is 0. The fourth-order valence-electron chi connectivity index (χ4n) is 7.79. The van der Waals surface area contributed by atoms with E-state index in [1.165, 1.54) is 18.3 Å². The number of pyridine rings is 2. The Morgan fingerprint density at radius 2 is 1.42 bits per heavy atom. The predicted octanol–water partition coefficient (Wildman–Crippen LogP) is 11.9. The molecule has 0 bridgehead atoms. The summed E-state index contributed by atoms with van der Waals surface area (Å²) in [6, 6.07) is 17.3. The molecule has 1 aliphatic heterocycles. The largest absolute Gasteiger partial charge is 0.462 e. The fraction of sp³-hybridized carbons (Fsp3) is 0.405. The monoisotopic (exact) mass is 786 g/mol. The van der Waals surface area contributed by atoms with E-state index in [1.807, 2.05) is 19.1 Å². The zero-order chi connectivity index (χ0) is 40.1. The van der Waals surface area contributed by atoms with Gasteiger partial charge in [-0.15, -0.1) is 0 Å². The molecule has 1 saturated carbocycles. The van der Waals surface area contributed by atoms with E-state index in [2.05, 4.69) is 29.9 Å². The number of hydrogen-bond donors (Lipinski definition) is 0. The van der Waals surface area contributed by atoms with Gasteiger partial charge in [-0.1, -0.05) is 62.7 Å². The Morgan fingerprint density at radius 1 is 0.836 bits per heavy atom. The zero-order valence-corrected chi connectivity index (χ0v) is 32.2. The molecular formula is C42H45F6N2O4P. The predicted molar refractivity (Wildman–Crippen MR) is 201 cm³/mol. The first kappa shape index (κ1) is 41.9. The van der Waals surface area contributed by atoms with Crippen LogP contribution in [0.3, 0.4) is 0 Å². The van der Waals surface area contributed by atoms with Gasteiger partial charge in [0.15, 0.2) is 0 Å². The van der Waals surface area contributed by atoms with Gasteiger partial charge in [0, 0.05) is 41.8 Å². The molecule has 2 aromatic heterocycles. The van der Waals surface area contributed by atoms with Crippen molar-refractivity contribution in [2.24, 2.45) is 29.6 Å². The quantitative estimate of drug-likeness (QED) is 0.0955. The van der Waals surface area contributed by atoms with Gasteiger partial charge in [-0.2, -0.15) is 26.3 Å². The molecule has 4 aromatic rings. The number of nitrogens with zero attached hydrogens (tertiary/aromatic N) is 2. The second kappa shape index (κ2) is 17.2. The molecule has 0 N–H and O–H groups in total. The number of benzene rings is 2. The number of fused-ring (bicyclic) bond motifs is 1. The lowest BCUT2D eigenvalue weighted by Crippen LogP contribution is -2.40. The van der Waals surface area contributed by atoms with Crippen LogP contribution in [0.15, 0.2) is 91.3 Å². The van der Waals surface area contributed by atoms with E-state index in [9.17, 15) is 35.7 Å². The van der Waals surface area contributed by atoms with Gasteiger partial charge in [-0.25, -0.2) is 0 Å². The van der Waals surface area contributed by atoms with Gasteiger partial charge in [0.1, 0.15) is 6.10 Å². The molecule has 0 amide bonds. The normalized spacial score (nSPS) is 23.7. The maximum atomic E-state index is 13.0. The van der Waals surface area contributed by atoms with Gasteiger partial charge in [-0.05, 0) is 91.6 Å². The van der Waals surface area contributed by atoms with Crippen LogP contribution in [0.4, 0.5) is 26.3 Å². The van der Waals surface area contributed by atoms with Crippen LogP contribution in [0.5, 0.6) is 0 Å². The lowest BCUT2D eigenvalue weighted by molar-refractivity contribution is -0.144. The number of alkyl halides is 6. The van der Waals surface area contributed by atoms with Crippen LogP contribution >= 0.6 is 7.37 Å². The molecule has 294 valence electrons. The molecular weight excluding hydrogens is 741 g/mol. The summed E-state index contributed by atoms with van der Waals surface area (Å²) < 4.78 is 100. The standard InChI is InChI=1S/C26H28F3NO2.C16H17F3NO2P/c1-4-21-15(2)12-23-24(16(3)32-25(23)31)22(21)11-10-20-9-8-18(14-30-20)17-6-5-7-19(13-17)26(27,28)29;1-3-22-23(2,21)11-15-8-7-13(10-20-15)12-5-4-6-14(9-12)16(17,18)19/h5-11,13-16,21-24H,4,12H2,1-3H3;4-10H,3,11H2,1-2H3/b11-10+;/t15-,16+,21+,22-,23+,24-;/m0./s1. The summed E-state index contributed by atoms with van der Waals surface area (Å²) in [5, 5.41) is 0. The summed E-state index contributed by atoms with van der Waals surface area (Å²) in [5.74, 6) is 1.17. The molecule has 1 saturated heterocycles. The van der Waals surface area contributed by atoms with E-state index in [4.69, 9.17) is 9.26 Å². The van der Waals surface area contributed by atoms with Crippen molar-refractivity contribution in [1.82, 2.24) is 9.97 Å². The molecule has 0 spiro atoms. The van der Waals surface area contributed by atoms with Crippen molar-refractivity contribution in [2.45, 2.75) is 65.2 Å². The number of rotatable bonds is 9. The molecule has 2 aliphatic rings. The van der Waals surface area contributed by atoms with Crippen LogP contribution in [0, 0.1) is 29.6 Å². The Kier molecular flexibility index (Phi) is 13.1. The highest BCUT2D eigenvalue weighted by atomic mass is 31.2. The average Bonchev–Trinajstić information content (AvgIpc) is 3.42. The highest BCUT2D eigenvalue weighted by molar-refractivity contribution is 7.57. The Morgan fingerprint density at radius 3 is 1.91 bits per heavy atom. The smallest absolute Gasteiger partial charge is 0.416 e. The maximum Gasteiger partial charge on any atom is 0.416 e. The summed E-state index contributed by atoms with van der Waals surface area (Å²) in [4.78, 5) is 20.9. The number of carbonyl (C=O) groups excluding carboxylic acids is 1. The minimum absolute atomic E-state index is 0.0475. The Bertz CT molecular complexity index is 2000. The number of esters is 1. The van der Waals surface area contributed by atoms with E-state index >= 15 is 0 Å². The van der Waals surface area contributed by atoms with Crippen LogP contribution in [0.1, 0.15) is 63.1 Å². The summed E-state index contributed by atoms with van der Waals surface area (Å²) in [5.41, 5.74) is 2.07. The number of carbonyl (C=O) groups is 1. The third-order valence-electron chi connectivity index (χ3n) is 10.4. The van der Waals surface area contributed by atoms with Gasteiger partial charge >= 0.3 is 18.3 Å². The number of hydrogen-bond acceptors (Lipinski definition) is 6. The van der Waals surface area contributed by atoms with Gasteiger partial charge in [0.05, 0.1) is 35.5 Å². The summed E-state index contributed by atoms with van der Waals surface area (Å²) in [6.45, 7) is 10.0. The highest BCUT2D eigenvalue weighted by Crippen LogP contribution is 2.50. The second-order valence-corrected chi connectivity index (χ2v) is 16.9. The minimum Gasteiger partial charge on any atom is -0.462 e. The van der Waals surface area contributed by atoms with Crippen molar-refractivity contribution in [3.05, 3.63) is 114 Å². The van der Waals surface area contributed by atoms with Crippen LogP contribution < -0.4 is 0 Å². The number of aromatic nitrogens is 2. The molecule has 55 heavy (non-hydrogen) atoms. The summed E-state index contributed by atoms with van der Waals surface area (Å²) in [7, 11) is -2.74. The van der Waals surface area contributed by atoms with Crippen molar-refractivity contribution >= 4 is 19.4 Å². The molecule has 0 radical (unpaired) electrons. The molecule has 1 unspecified atom stereocenters. The zero-order valence-electron chi connectivity index (χ0n) is 31.3. The topological polar surface area (TPSA) is 78.4 Å². The lowest BCUT2D eigenvalue weighted by atomic mass is 9.61. The van der Waals surface area contributed by atoms with E-state index in [-0.39, 0.29) is 36.0 Å². The Labute approximate surface area is 317 Å². The number of allylic oxidation sites excluding steroid dienone is 1. The van der Waals surface area contributed by atoms with Gasteiger partial charge < -0.3 is 9.26 Å². The van der Waals surface area contributed by atoms with Crippen molar-refractivity contribution in [1.29, 1.82) is 0 Å². The average molecular weight is 787 g/mol. The fourth-order valence-corrected chi connectivity index (χ4v) is 9.20. The van der Waals surface area contributed by atoms with E-state index in [1.54, 1.807) is 50.1 Å². The Hall–Kier alpha value is -4.28. The Balaban J connectivity index is 0.000000223. The van der Waals surface area contributed by atoms with E-state index in [0.717, 1.165) is 42.8 Å². The molecule has 2 fully saturated rings. The lowest BCUT2D eigenvalue weighted by Gasteiger charge is -2.41. The second-order valence-electron chi connectivity index (χ2n) is 14.3. The van der Waals surface area contributed by atoms with Gasteiger partial charge in [0.25, 0.3) is 0 Å². The molecule has 2 aromatic carbocycles. The molecule has 7 atom stereocenters. The van der Waals surface area contributed by atoms with Crippen LogP contribution in [0.2, 0.25) is 0 Å². The molecule has 13 heteroatoms. The highest BCUT2D eigenvalue weighted by Gasteiger charge is 2.52. The molecule has 6 nitrogen and oxygen atoms in total. The van der Waals surface area contributed by atoms with Crippen LogP contribution in [-0.2, 0) is 37.1 Å². The molecule has 3 heterocycles. The first-order chi connectivity index (χ1) is 25.9. The minimum atomic E-state index is -4.38. The van der Waals surface area contributed by atoms with Crippen molar-refractivity contribution in [3.8, 4) is 22.3 Å². The third-order valence-corrected chi connectivity index (χ3v) is 12.1. The van der Waals surface area contributed by atoms with Crippen molar-refractivity contribution in [2.75, 3.05) is 13.3 Å². The van der Waals surface area contributed by atoms with E-state index < -0.39 is 30.8 Å². The van der Waals surface area contributed by atoms with Crippen LogP contribution in [0.25, 0.3) is 28.3 Å². The van der Waals surface area contributed by atoms with Gasteiger partial charge in [0.2, 0.25) is 7.37 Å². The number of ether oxygens (including phenoxy) is 1. The third kappa shape index (κ3) is 10.5. The first-order valence-corrected chi connectivity index (χ1v) is 20.5. The summed E-state index contributed by atoms with van der Waals surface area (Å²) in [6.07, 6.45) is 0.460. The van der Waals surface area contributed by atoms with Gasteiger partial charge in [-0.3, -0.25) is 19.3 Å². The van der Waals surface area contributed by atoms with Crippen molar-refractivity contribution in [3.63, 3.8) is 0 Å². The molecule has 6 rings (SSSR count). The first-order valence-electron chi connectivity index (χ1n) is 18.3. The number of cyclic esters (lactones) is 1. The SMILES string of the molecule is CCOP(C)(=O)Cc1ccc(-c2cccc(C(F)(F)F)c2)cn1.CC[C@H]1[C@H](/C=C/c2ccc(-c3cccc(C(F)(F)F)c3)cn2)[C@@H]2[C@@H](C)OC(=O)[C@@H]2C[C@@H]1C. The number of halogens is 6. The van der Waals surface area contributed by atoms with Crippen molar-refractivity contribution < 1.29 is 45.0 Å². The van der Waals surface area contributed by atoms with Crippen LogP contribution in [-0.4, -0.2) is 35.3 Å².